The number of hydrogen-bond donors (Lipinski definition) is 1. The summed E-state index contributed by atoms with van der Waals surface area (Å²) in [6.45, 7) is 6.80. The Balaban J connectivity index is 3.23. The predicted molar refractivity (Wildman–Crippen MR) is 90.5 cm³/mol. The van der Waals surface area contributed by atoms with Crippen LogP contribution in [-0.4, -0.2) is 17.3 Å². The van der Waals surface area contributed by atoms with Crippen LogP contribution in [0.1, 0.15) is 91.4 Å². The molecule has 0 aliphatic carbocycles. The highest BCUT2D eigenvalue weighted by molar-refractivity contribution is 7.81. The van der Waals surface area contributed by atoms with E-state index in [1.807, 2.05) is 13.8 Å². The Bertz CT molecular complexity index is 234. The second-order valence-electron chi connectivity index (χ2n) is 6.36. The third-order valence-corrected chi connectivity index (χ3v) is 3.68. The van der Waals surface area contributed by atoms with Crippen molar-refractivity contribution in [2.45, 2.75) is 96.1 Å². The Labute approximate surface area is 131 Å². The van der Waals surface area contributed by atoms with Gasteiger partial charge in [0, 0.05) is 11.2 Å². The van der Waals surface area contributed by atoms with Gasteiger partial charge in [0.15, 0.2) is 0 Å². The number of rotatable bonds is 13. The third-order valence-electron chi connectivity index (χ3n) is 3.46. The summed E-state index contributed by atoms with van der Waals surface area (Å²) in [5, 5.41) is 0. The van der Waals surface area contributed by atoms with Crippen LogP contribution in [0.25, 0.3) is 0 Å². The first-order valence-corrected chi connectivity index (χ1v) is 8.78. The number of hydrogen-bond acceptors (Lipinski definition) is 3. The Kier molecular flexibility index (Phi) is 12.4. The van der Waals surface area contributed by atoms with Gasteiger partial charge in [0.25, 0.3) is 0 Å². The minimum Gasteiger partial charge on any atom is -0.466 e. The fraction of sp³-hybridized carbons (Fsp3) is 0.941. The van der Waals surface area contributed by atoms with Gasteiger partial charge in [0.2, 0.25) is 0 Å². The van der Waals surface area contributed by atoms with Crippen molar-refractivity contribution in [1.29, 1.82) is 0 Å². The summed E-state index contributed by atoms with van der Waals surface area (Å²) in [6.07, 6.45) is 12.8. The summed E-state index contributed by atoms with van der Waals surface area (Å²) in [6, 6.07) is 0. The third kappa shape index (κ3) is 15.9. The zero-order valence-corrected chi connectivity index (χ0v) is 14.6. The van der Waals surface area contributed by atoms with E-state index in [1.165, 1.54) is 44.9 Å². The van der Waals surface area contributed by atoms with Crippen LogP contribution in [0.4, 0.5) is 0 Å². The molecule has 0 aromatic heterocycles. The van der Waals surface area contributed by atoms with Crippen molar-refractivity contribution >= 4 is 18.6 Å². The van der Waals surface area contributed by atoms with Gasteiger partial charge in [-0.25, -0.2) is 0 Å². The second-order valence-corrected chi connectivity index (χ2v) is 7.57. The lowest BCUT2D eigenvalue weighted by Crippen LogP contribution is -2.16. The van der Waals surface area contributed by atoms with Crippen LogP contribution in [0.5, 0.6) is 0 Å². The molecule has 2 nitrogen and oxygen atoms in total. The molecule has 0 unspecified atom stereocenters. The smallest absolute Gasteiger partial charge is 0.305 e. The average molecular weight is 303 g/mol. The molecule has 0 bridgehead atoms. The van der Waals surface area contributed by atoms with Gasteiger partial charge in [-0.15, -0.1) is 0 Å². The quantitative estimate of drug-likeness (QED) is 0.274. The average Bonchev–Trinajstić information content (AvgIpc) is 2.35. The molecule has 20 heavy (non-hydrogen) atoms. The topological polar surface area (TPSA) is 26.3 Å². The van der Waals surface area contributed by atoms with Crippen molar-refractivity contribution in [2.24, 2.45) is 0 Å². The summed E-state index contributed by atoms with van der Waals surface area (Å²) in [4.78, 5) is 11.5. The minimum atomic E-state index is -0.0575. The van der Waals surface area contributed by atoms with Gasteiger partial charge in [0.1, 0.15) is 0 Å². The van der Waals surface area contributed by atoms with E-state index in [9.17, 15) is 4.79 Å². The lowest BCUT2D eigenvalue weighted by atomic mass is 10.1. The predicted octanol–water partition coefficient (Wildman–Crippen LogP) is 5.55. The Hall–Kier alpha value is -0.180. The van der Waals surface area contributed by atoms with Crippen molar-refractivity contribution in [1.82, 2.24) is 0 Å². The maximum absolute atomic E-state index is 11.5. The Morgan fingerprint density at radius 1 is 0.950 bits per heavy atom. The first-order valence-electron chi connectivity index (χ1n) is 8.33. The van der Waals surface area contributed by atoms with Crippen molar-refractivity contribution < 1.29 is 9.53 Å². The molecule has 0 aliphatic heterocycles. The molecule has 0 spiro atoms. The van der Waals surface area contributed by atoms with Gasteiger partial charge in [-0.05, 0) is 12.8 Å². The van der Waals surface area contributed by atoms with Crippen molar-refractivity contribution in [3.8, 4) is 0 Å². The van der Waals surface area contributed by atoms with Crippen molar-refractivity contribution in [3.05, 3.63) is 0 Å². The number of ether oxygens (including phenoxy) is 1. The van der Waals surface area contributed by atoms with E-state index < -0.39 is 0 Å². The van der Waals surface area contributed by atoms with Crippen LogP contribution in [-0.2, 0) is 9.53 Å². The van der Waals surface area contributed by atoms with E-state index >= 15 is 0 Å². The van der Waals surface area contributed by atoms with Crippen LogP contribution in [0.15, 0.2) is 0 Å². The van der Waals surface area contributed by atoms with Gasteiger partial charge in [-0.2, -0.15) is 12.6 Å². The molecule has 0 amide bonds. The summed E-state index contributed by atoms with van der Waals surface area (Å²) >= 11 is 4.41. The van der Waals surface area contributed by atoms with Crippen LogP contribution < -0.4 is 0 Å². The van der Waals surface area contributed by atoms with Gasteiger partial charge in [-0.3, -0.25) is 4.79 Å². The molecule has 0 aromatic rings. The van der Waals surface area contributed by atoms with Gasteiger partial charge < -0.3 is 4.74 Å². The highest BCUT2D eigenvalue weighted by Gasteiger charge is 2.12. The highest BCUT2D eigenvalue weighted by Crippen LogP contribution is 2.16. The zero-order chi connectivity index (χ0) is 15.3. The summed E-state index contributed by atoms with van der Waals surface area (Å²) < 4.78 is 5.14. The molecule has 120 valence electrons. The highest BCUT2D eigenvalue weighted by atomic mass is 32.1. The van der Waals surface area contributed by atoms with E-state index in [-0.39, 0.29) is 10.7 Å². The molecule has 0 aliphatic rings. The maximum atomic E-state index is 11.5. The monoisotopic (exact) mass is 302 g/mol. The molecule has 0 radical (unpaired) electrons. The van der Waals surface area contributed by atoms with Crippen LogP contribution >= 0.6 is 12.6 Å². The summed E-state index contributed by atoms with van der Waals surface area (Å²) in [5.74, 6) is -0.0504. The van der Waals surface area contributed by atoms with E-state index in [2.05, 4.69) is 19.6 Å². The number of unbranched alkanes of at least 4 members (excludes halogenated alkanes) is 8. The molecule has 0 saturated carbocycles. The molecule has 0 fully saturated rings. The van der Waals surface area contributed by atoms with Crippen LogP contribution in [0.3, 0.4) is 0 Å². The zero-order valence-electron chi connectivity index (χ0n) is 13.7. The molecule has 3 heteroatoms. The van der Waals surface area contributed by atoms with Gasteiger partial charge in [-0.1, -0.05) is 72.1 Å². The van der Waals surface area contributed by atoms with E-state index in [1.54, 1.807) is 0 Å². The van der Waals surface area contributed by atoms with Crippen molar-refractivity contribution in [2.75, 3.05) is 6.61 Å². The molecule has 0 heterocycles. The number of carbonyl (C=O) groups excluding carboxylic acids is 1. The molecule has 0 rings (SSSR count). The van der Waals surface area contributed by atoms with Crippen LogP contribution in [0, 0.1) is 0 Å². The van der Waals surface area contributed by atoms with Crippen molar-refractivity contribution in [3.63, 3.8) is 0 Å². The molecule has 0 saturated heterocycles. The second kappa shape index (κ2) is 12.6. The maximum Gasteiger partial charge on any atom is 0.305 e. The van der Waals surface area contributed by atoms with Gasteiger partial charge >= 0.3 is 5.97 Å². The molecule has 0 N–H and O–H groups in total. The first kappa shape index (κ1) is 19.8. The minimum absolute atomic E-state index is 0.0504. The van der Waals surface area contributed by atoms with Gasteiger partial charge in [0.05, 0.1) is 6.61 Å². The first-order chi connectivity index (χ1) is 9.45. The molecular weight excluding hydrogens is 268 g/mol. The molecule has 0 atom stereocenters. The van der Waals surface area contributed by atoms with E-state index in [4.69, 9.17) is 4.74 Å². The summed E-state index contributed by atoms with van der Waals surface area (Å²) in [7, 11) is 0. The lowest BCUT2D eigenvalue weighted by molar-refractivity contribution is -0.144. The Morgan fingerprint density at radius 2 is 1.45 bits per heavy atom. The largest absolute Gasteiger partial charge is 0.466 e. The van der Waals surface area contributed by atoms with E-state index in [0.29, 0.717) is 13.0 Å². The lowest BCUT2D eigenvalue weighted by Gasteiger charge is -2.16. The fourth-order valence-corrected chi connectivity index (χ4v) is 2.16. The van der Waals surface area contributed by atoms with Crippen LogP contribution in [0.2, 0.25) is 0 Å². The molecular formula is C17H34O2S. The SMILES string of the molecule is CCCCCCCCCCCC(=O)OCCC(C)(C)S. The number of esters is 1. The Morgan fingerprint density at radius 3 is 1.95 bits per heavy atom. The fourth-order valence-electron chi connectivity index (χ4n) is 2.07. The number of thiol groups is 1. The summed E-state index contributed by atoms with van der Waals surface area (Å²) in [5.41, 5.74) is 0. The normalized spacial score (nSPS) is 11.6. The number of carbonyl (C=O) groups is 1. The molecule has 0 aromatic carbocycles. The van der Waals surface area contributed by atoms with E-state index in [0.717, 1.165) is 19.3 Å². The standard InChI is InChI=1S/C17H34O2S/c1-4-5-6-7-8-9-10-11-12-13-16(18)19-15-14-17(2,3)20/h20H,4-15H2,1-3H3.